The molecule has 0 aliphatic heterocycles. The van der Waals surface area contributed by atoms with Gasteiger partial charge in [-0.2, -0.15) is 5.10 Å². The van der Waals surface area contributed by atoms with Gasteiger partial charge in [0, 0.05) is 66.8 Å². The van der Waals surface area contributed by atoms with Crippen molar-refractivity contribution in [2.75, 3.05) is 21.1 Å². The molecule has 0 bridgehead atoms. The summed E-state index contributed by atoms with van der Waals surface area (Å²) >= 11 is 0. The molecule has 0 saturated heterocycles. The molecule has 0 unspecified atom stereocenters. The highest BCUT2D eigenvalue weighted by Crippen LogP contribution is 2.31. The number of rotatable bonds is 5. The van der Waals surface area contributed by atoms with E-state index in [0.29, 0.717) is 17.0 Å². The Bertz CT molecular complexity index is 1460. The fourth-order valence-electron chi connectivity index (χ4n) is 4.02. The Morgan fingerprint density at radius 2 is 2.06 bits per heavy atom. The van der Waals surface area contributed by atoms with Crippen LogP contribution in [-0.4, -0.2) is 61.2 Å². The molecule has 32 heavy (non-hydrogen) atoms. The van der Waals surface area contributed by atoms with E-state index in [1.54, 1.807) is 13.2 Å². The second-order valence-corrected chi connectivity index (χ2v) is 8.11. The minimum Gasteiger partial charge on any atom is -0.355 e. The number of carbonyl (C=O) groups excluding carboxylic acids is 1. The first kappa shape index (κ1) is 20.0. The molecule has 1 amide bonds. The zero-order valence-electron chi connectivity index (χ0n) is 18.4. The standard InChI is InChI=1S/C23H24N8O/c1-24-23(32)15-5-6-18-16(9-15)17(13-30(18)4)21-27-20-19(7-8-25-22(20)28-21)31-12-14(10-26-31)11-29(2)3/h5-10,12-13H,11H2,1-4H3,(H,24,32)(H,25,27,28). The Balaban J connectivity index is 1.63. The average molecular weight is 429 g/mol. The van der Waals surface area contributed by atoms with Gasteiger partial charge in [0.25, 0.3) is 5.91 Å². The smallest absolute Gasteiger partial charge is 0.251 e. The third-order valence-corrected chi connectivity index (χ3v) is 5.49. The predicted molar refractivity (Wildman–Crippen MR) is 124 cm³/mol. The number of nitrogens with one attached hydrogen (secondary N) is 2. The lowest BCUT2D eigenvalue weighted by atomic mass is 10.1. The average Bonchev–Trinajstić information content (AvgIpc) is 3.49. The maximum Gasteiger partial charge on any atom is 0.251 e. The molecular weight excluding hydrogens is 404 g/mol. The van der Waals surface area contributed by atoms with Crippen LogP contribution in [0.3, 0.4) is 0 Å². The van der Waals surface area contributed by atoms with E-state index >= 15 is 0 Å². The highest BCUT2D eigenvalue weighted by molar-refractivity contribution is 6.02. The number of benzene rings is 1. The molecule has 0 aliphatic carbocycles. The third-order valence-electron chi connectivity index (χ3n) is 5.49. The van der Waals surface area contributed by atoms with Crippen LogP contribution < -0.4 is 5.32 Å². The number of nitrogens with zero attached hydrogens (tertiary/aromatic N) is 6. The summed E-state index contributed by atoms with van der Waals surface area (Å²) < 4.78 is 3.87. The normalized spacial score (nSPS) is 11.7. The fourth-order valence-corrected chi connectivity index (χ4v) is 4.02. The molecule has 9 nitrogen and oxygen atoms in total. The summed E-state index contributed by atoms with van der Waals surface area (Å²) in [7, 11) is 7.67. The summed E-state index contributed by atoms with van der Waals surface area (Å²) in [5.41, 5.74) is 5.95. The molecule has 0 aliphatic rings. The predicted octanol–water partition coefficient (Wildman–Crippen LogP) is 2.72. The molecule has 4 aromatic heterocycles. The van der Waals surface area contributed by atoms with E-state index in [0.717, 1.165) is 39.8 Å². The maximum atomic E-state index is 12.2. The summed E-state index contributed by atoms with van der Waals surface area (Å²) in [6.45, 7) is 0.812. The third kappa shape index (κ3) is 3.32. The van der Waals surface area contributed by atoms with Crippen LogP contribution in [0.1, 0.15) is 15.9 Å². The van der Waals surface area contributed by atoms with Gasteiger partial charge in [-0.1, -0.05) is 0 Å². The molecule has 2 N–H and O–H groups in total. The maximum absolute atomic E-state index is 12.2. The number of fused-ring (bicyclic) bond motifs is 2. The summed E-state index contributed by atoms with van der Waals surface area (Å²) in [6.07, 6.45) is 7.64. The van der Waals surface area contributed by atoms with Crippen molar-refractivity contribution in [3.63, 3.8) is 0 Å². The molecule has 9 heteroatoms. The SMILES string of the molecule is CNC(=O)c1ccc2c(c1)c(-c1nc3nccc(-n4cc(CN(C)C)cn4)c3[nH]1)cn2C. The van der Waals surface area contributed by atoms with E-state index in [4.69, 9.17) is 4.98 Å². The van der Waals surface area contributed by atoms with E-state index in [1.165, 1.54) is 0 Å². The highest BCUT2D eigenvalue weighted by Gasteiger charge is 2.17. The topological polar surface area (TPSA) is 96.7 Å². The monoisotopic (exact) mass is 428 g/mol. The van der Waals surface area contributed by atoms with Gasteiger partial charge in [-0.3, -0.25) is 4.79 Å². The number of aromatic nitrogens is 6. The Hall–Kier alpha value is -3.98. The van der Waals surface area contributed by atoms with Gasteiger partial charge in [0.2, 0.25) is 0 Å². The Morgan fingerprint density at radius 1 is 1.22 bits per heavy atom. The number of pyridine rings is 1. The number of hydrogen-bond acceptors (Lipinski definition) is 5. The van der Waals surface area contributed by atoms with E-state index in [2.05, 4.69) is 25.3 Å². The van der Waals surface area contributed by atoms with Crippen LogP contribution in [0.25, 0.3) is 39.1 Å². The lowest BCUT2D eigenvalue weighted by molar-refractivity contribution is 0.0963. The number of H-pyrrole nitrogens is 1. The first-order valence-electron chi connectivity index (χ1n) is 10.3. The van der Waals surface area contributed by atoms with Crippen molar-refractivity contribution in [1.82, 2.24) is 39.5 Å². The van der Waals surface area contributed by atoms with Crippen LogP contribution in [0.15, 0.2) is 49.1 Å². The van der Waals surface area contributed by atoms with Crippen molar-refractivity contribution in [2.24, 2.45) is 7.05 Å². The van der Waals surface area contributed by atoms with Crippen molar-refractivity contribution >= 4 is 28.0 Å². The summed E-state index contributed by atoms with van der Waals surface area (Å²) in [5, 5.41) is 8.16. The van der Waals surface area contributed by atoms with Crippen molar-refractivity contribution < 1.29 is 4.79 Å². The molecule has 5 rings (SSSR count). The summed E-state index contributed by atoms with van der Waals surface area (Å²) in [6, 6.07) is 7.59. The largest absolute Gasteiger partial charge is 0.355 e. The number of aromatic amines is 1. The van der Waals surface area contributed by atoms with Gasteiger partial charge < -0.3 is 19.8 Å². The van der Waals surface area contributed by atoms with Gasteiger partial charge >= 0.3 is 0 Å². The fraction of sp³-hybridized carbons (Fsp3) is 0.217. The second-order valence-electron chi connectivity index (χ2n) is 8.11. The van der Waals surface area contributed by atoms with Crippen LogP contribution in [-0.2, 0) is 13.6 Å². The molecule has 4 heterocycles. The Kier molecular flexibility index (Phi) is 4.75. The van der Waals surface area contributed by atoms with Crippen molar-refractivity contribution in [3.8, 4) is 17.1 Å². The van der Waals surface area contributed by atoms with Crippen LogP contribution >= 0.6 is 0 Å². The van der Waals surface area contributed by atoms with E-state index in [9.17, 15) is 4.79 Å². The molecule has 0 fully saturated rings. The summed E-state index contributed by atoms with van der Waals surface area (Å²) in [5.74, 6) is 0.572. The van der Waals surface area contributed by atoms with Crippen molar-refractivity contribution in [2.45, 2.75) is 6.54 Å². The molecule has 0 saturated carbocycles. The number of carbonyl (C=O) groups is 1. The Morgan fingerprint density at radius 3 is 2.84 bits per heavy atom. The van der Waals surface area contributed by atoms with E-state index in [-0.39, 0.29) is 5.91 Å². The molecular formula is C23H24N8O. The van der Waals surface area contributed by atoms with Crippen LogP contribution in [0.5, 0.6) is 0 Å². The quantitative estimate of drug-likeness (QED) is 0.449. The summed E-state index contributed by atoms with van der Waals surface area (Å²) in [4.78, 5) is 26.9. The van der Waals surface area contributed by atoms with Gasteiger partial charge in [-0.25, -0.2) is 14.6 Å². The van der Waals surface area contributed by atoms with Gasteiger partial charge in [0.15, 0.2) is 5.65 Å². The van der Waals surface area contributed by atoms with Gasteiger partial charge in [0.1, 0.15) is 11.3 Å². The van der Waals surface area contributed by atoms with Crippen LogP contribution in [0, 0.1) is 0 Å². The molecule has 0 radical (unpaired) electrons. The first-order valence-corrected chi connectivity index (χ1v) is 10.3. The Labute approximate surface area is 184 Å². The number of amides is 1. The van der Waals surface area contributed by atoms with E-state index in [1.807, 2.05) is 73.2 Å². The molecule has 162 valence electrons. The minimum atomic E-state index is -0.123. The van der Waals surface area contributed by atoms with Crippen LogP contribution in [0.2, 0.25) is 0 Å². The lowest BCUT2D eigenvalue weighted by Crippen LogP contribution is -2.17. The number of imidazole rings is 1. The van der Waals surface area contributed by atoms with E-state index < -0.39 is 0 Å². The molecule has 0 atom stereocenters. The second kappa shape index (κ2) is 7.61. The van der Waals surface area contributed by atoms with Crippen LogP contribution in [0.4, 0.5) is 0 Å². The van der Waals surface area contributed by atoms with Crippen molar-refractivity contribution in [1.29, 1.82) is 0 Å². The van der Waals surface area contributed by atoms with Gasteiger partial charge in [-0.15, -0.1) is 0 Å². The number of hydrogen-bond donors (Lipinski definition) is 2. The zero-order chi connectivity index (χ0) is 22.4. The highest BCUT2D eigenvalue weighted by atomic mass is 16.1. The van der Waals surface area contributed by atoms with Crippen molar-refractivity contribution in [3.05, 3.63) is 60.2 Å². The molecule has 1 aromatic carbocycles. The molecule has 5 aromatic rings. The zero-order valence-corrected chi connectivity index (χ0v) is 18.4. The first-order chi connectivity index (χ1) is 15.4. The van der Waals surface area contributed by atoms with Gasteiger partial charge in [0.05, 0.1) is 11.9 Å². The minimum absolute atomic E-state index is 0.123. The lowest BCUT2D eigenvalue weighted by Gasteiger charge is -2.06. The molecule has 0 spiro atoms. The van der Waals surface area contributed by atoms with Gasteiger partial charge in [-0.05, 0) is 38.4 Å². The number of aryl methyl sites for hydroxylation is 1.